The van der Waals surface area contributed by atoms with Crippen LogP contribution in [0.15, 0.2) is 0 Å². The van der Waals surface area contributed by atoms with Gasteiger partial charge in [0, 0.05) is 6.42 Å². The lowest BCUT2D eigenvalue weighted by atomic mass is 9.88. The highest BCUT2D eigenvalue weighted by Gasteiger charge is 2.95. The Balaban J connectivity index is 6.31. The zero-order valence-electron chi connectivity index (χ0n) is 16.4. The molecule has 0 amide bonds. The van der Waals surface area contributed by atoms with Gasteiger partial charge in [0.05, 0.1) is 9.68 Å². The van der Waals surface area contributed by atoms with Gasteiger partial charge in [-0.2, -0.15) is 74.6 Å². The van der Waals surface area contributed by atoms with Gasteiger partial charge in [-0.15, -0.1) is 0 Å². The van der Waals surface area contributed by atoms with Crippen LogP contribution in [0.25, 0.3) is 0 Å². The summed E-state index contributed by atoms with van der Waals surface area (Å²) in [6.07, 6.45) is -10.1. The van der Waals surface area contributed by atoms with Gasteiger partial charge in [0.15, 0.2) is 0 Å². The Morgan fingerprint density at radius 2 is 0.788 bits per heavy atom. The summed E-state index contributed by atoms with van der Waals surface area (Å²) in [6.45, 7) is 3.29. The second-order valence-corrected chi connectivity index (χ2v) is 8.83. The van der Waals surface area contributed by atoms with Crippen LogP contribution in [-0.4, -0.2) is 75.0 Å². The smallest absolute Gasteiger partial charge is 0.330 e. The van der Waals surface area contributed by atoms with Gasteiger partial charge >= 0.3 is 47.6 Å². The predicted octanol–water partition coefficient (Wildman–Crippen LogP) is 6.23. The van der Waals surface area contributed by atoms with E-state index in [1.807, 2.05) is 0 Å². The van der Waals surface area contributed by atoms with Crippen molar-refractivity contribution in [3.05, 3.63) is 0 Å². The van der Waals surface area contributed by atoms with E-state index in [1.54, 1.807) is 0 Å². The predicted molar refractivity (Wildman–Crippen MR) is 81.6 cm³/mol. The zero-order chi connectivity index (χ0) is 27.1. The molecule has 0 heterocycles. The van der Waals surface area contributed by atoms with E-state index in [-0.39, 0.29) is 13.1 Å². The highest BCUT2D eigenvalue weighted by atomic mass is 28.2. The molecule has 0 aromatic rings. The van der Waals surface area contributed by atoms with Gasteiger partial charge in [-0.3, -0.25) is 0 Å². The molecule has 0 bridgehead atoms. The van der Waals surface area contributed by atoms with E-state index in [2.05, 4.69) is 0 Å². The van der Waals surface area contributed by atoms with Gasteiger partial charge in [-0.1, -0.05) is 13.8 Å². The lowest BCUT2D eigenvalue weighted by Gasteiger charge is -2.42. The van der Waals surface area contributed by atoms with Crippen LogP contribution >= 0.6 is 0 Å². The SMILES string of the molecule is CCN(CC)[SiH2]CCC(F)(F)C(F)(F)C(F)(F)C(F)(F)C(F)(F)C(F)(F)C(F)(F)C(F)(F)F. The molecule has 0 fully saturated rings. The largest absolute Gasteiger partial charge is 0.460 e. The molecule has 0 spiro atoms. The first-order valence-electron chi connectivity index (χ1n) is 8.68. The van der Waals surface area contributed by atoms with Crippen LogP contribution in [0.2, 0.25) is 6.04 Å². The van der Waals surface area contributed by atoms with Crippen molar-refractivity contribution in [3.8, 4) is 0 Å². The zero-order valence-corrected chi connectivity index (χ0v) is 17.8. The highest BCUT2D eigenvalue weighted by molar-refractivity contribution is 6.31. The van der Waals surface area contributed by atoms with Crippen LogP contribution in [0, 0.1) is 0 Å². The van der Waals surface area contributed by atoms with Crippen LogP contribution in [0.1, 0.15) is 20.3 Å². The molecule has 0 aliphatic carbocycles. The fourth-order valence-electron chi connectivity index (χ4n) is 2.42. The minimum Gasteiger partial charge on any atom is -0.330 e. The van der Waals surface area contributed by atoms with Crippen molar-refractivity contribution in [2.45, 2.75) is 73.9 Å². The van der Waals surface area contributed by atoms with Crippen LogP contribution in [0.4, 0.5) is 74.6 Å². The van der Waals surface area contributed by atoms with E-state index < -0.39 is 69.8 Å². The average molecular weight is 549 g/mol. The minimum atomic E-state index is -8.57. The topological polar surface area (TPSA) is 3.24 Å². The lowest BCUT2D eigenvalue weighted by Crippen LogP contribution is -2.74. The molecule has 0 radical (unpaired) electrons. The summed E-state index contributed by atoms with van der Waals surface area (Å²) in [4.78, 5) is 0. The second-order valence-electron chi connectivity index (χ2n) is 6.78. The minimum absolute atomic E-state index is 0.174. The third-order valence-electron chi connectivity index (χ3n) is 4.65. The number of hydrogen-bond donors (Lipinski definition) is 0. The van der Waals surface area contributed by atoms with Gasteiger partial charge in [-0.25, -0.2) is 0 Å². The Kier molecular flexibility index (Phi) is 8.93. The lowest BCUT2D eigenvalue weighted by molar-refractivity contribution is -0.461. The summed E-state index contributed by atoms with van der Waals surface area (Å²) in [7, 11) is -1.88. The molecule has 0 saturated carbocycles. The third-order valence-corrected chi connectivity index (χ3v) is 6.84. The standard InChI is InChI=1S/C14H16F17NSi/c1-3-32(4-2)33-6-5-7(15,16)8(17,18)9(19,20)10(21,22)11(23,24)12(25,26)13(27,28)14(29,30)31/h3-6,33H2,1-2H3. The molecule has 33 heavy (non-hydrogen) atoms. The molecule has 0 N–H and O–H groups in total. The van der Waals surface area contributed by atoms with E-state index in [0.29, 0.717) is 0 Å². The molecule has 0 rings (SSSR count). The summed E-state index contributed by atoms with van der Waals surface area (Å²) in [6, 6.07) is -0.995. The molecule has 0 aromatic heterocycles. The van der Waals surface area contributed by atoms with Crippen LogP contribution < -0.4 is 0 Å². The maximum atomic E-state index is 13.7. The highest BCUT2D eigenvalue weighted by Crippen LogP contribution is 2.64. The molecule has 1 nitrogen and oxygen atoms in total. The van der Waals surface area contributed by atoms with Crippen LogP contribution in [0.3, 0.4) is 0 Å². The summed E-state index contributed by atoms with van der Waals surface area (Å²) >= 11 is 0. The van der Waals surface area contributed by atoms with Crippen molar-refractivity contribution in [2.24, 2.45) is 0 Å². The van der Waals surface area contributed by atoms with E-state index in [9.17, 15) is 74.6 Å². The molecule has 0 aliphatic heterocycles. The van der Waals surface area contributed by atoms with Crippen molar-refractivity contribution >= 4 is 9.68 Å². The third kappa shape index (κ3) is 4.89. The summed E-state index contributed by atoms with van der Waals surface area (Å²) in [5, 5.41) is 0. The Bertz CT molecular complexity index is 653. The van der Waals surface area contributed by atoms with E-state index >= 15 is 0 Å². The first kappa shape index (κ1) is 32.0. The van der Waals surface area contributed by atoms with E-state index in [1.165, 1.54) is 18.4 Å². The van der Waals surface area contributed by atoms with Crippen molar-refractivity contribution in [1.82, 2.24) is 4.57 Å². The van der Waals surface area contributed by atoms with Crippen molar-refractivity contribution in [1.29, 1.82) is 0 Å². The van der Waals surface area contributed by atoms with Crippen LogP contribution in [0.5, 0.6) is 0 Å². The molecule has 200 valence electrons. The number of alkyl halides is 17. The number of halogens is 17. The Morgan fingerprint density at radius 1 is 0.485 bits per heavy atom. The number of hydrogen-bond acceptors (Lipinski definition) is 1. The quantitative estimate of drug-likeness (QED) is 0.206. The maximum Gasteiger partial charge on any atom is 0.460 e. The summed E-state index contributed by atoms with van der Waals surface area (Å²) in [5.41, 5.74) is 0. The van der Waals surface area contributed by atoms with Crippen molar-refractivity contribution < 1.29 is 74.6 Å². The van der Waals surface area contributed by atoms with Gasteiger partial charge in [0.25, 0.3) is 0 Å². The molecule has 0 unspecified atom stereocenters. The van der Waals surface area contributed by atoms with Gasteiger partial charge in [0.2, 0.25) is 0 Å². The molecule has 0 aliphatic rings. The molecule has 0 saturated heterocycles. The average Bonchev–Trinajstić information content (AvgIpc) is 2.63. The van der Waals surface area contributed by atoms with Crippen molar-refractivity contribution in [2.75, 3.05) is 13.1 Å². The Morgan fingerprint density at radius 3 is 1.09 bits per heavy atom. The van der Waals surface area contributed by atoms with Crippen LogP contribution in [-0.2, 0) is 0 Å². The molecule has 0 aromatic carbocycles. The fraction of sp³-hybridized carbons (Fsp3) is 1.00. The van der Waals surface area contributed by atoms with E-state index in [0.717, 1.165) is 0 Å². The summed E-state index contributed by atoms with van der Waals surface area (Å²) < 4.78 is 224. The van der Waals surface area contributed by atoms with Crippen molar-refractivity contribution in [3.63, 3.8) is 0 Å². The Hall–Kier alpha value is -1.01. The molecular weight excluding hydrogens is 533 g/mol. The van der Waals surface area contributed by atoms with Gasteiger partial charge < -0.3 is 4.57 Å². The molecular formula is C14H16F17NSi. The number of rotatable bonds is 12. The monoisotopic (exact) mass is 549 g/mol. The van der Waals surface area contributed by atoms with E-state index in [4.69, 9.17) is 0 Å². The first-order valence-corrected chi connectivity index (χ1v) is 10.3. The molecule has 0 atom stereocenters. The van der Waals surface area contributed by atoms with Gasteiger partial charge in [-0.05, 0) is 19.1 Å². The van der Waals surface area contributed by atoms with Gasteiger partial charge in [0.1, 0.15) is 0 Å². The normalized spacial score (nSPS) is 16.4. The number of nitrogens with zero attached hydrogens (tertiary/aromatic N) is 1. The summed E-state index contributed by atoms with van der Waals surface area (Å²) in [5.74, 6) is -55.7. The molecule has 19 heteroatoms. The fourth-order valence-corrected chi connectivity index (χ4v) is 4.10. The second kappa shape index (κ2) is 9.22. The Labute approximate surface area is 177 Å². The first-order chi connectivity index (χ1) is 14.2. The maximum absolute atomic E-state index is 13.7.